The molecule has 0 saturated carbocycles. The van der Waals surface area contributed by atoms with Gasteiger partial charge in [0, 0.05) is 44.2 Å². The van der Waals surface area contributed by atoms with Crippen LogP contribution in [0.4, 0.5) is 0 Å². The fraction of sp³-hybridized carbons (Fsp3) is 0.579. The van der Waals surface area contributed by atoms with Crippen molar-refractivity contribution in [2.75, 3.05) is 32.8 Å². The number of aromatic nitrogens is 1. The molecule has 5 heteroatoms. The van der Waals surface area contributed by atoms with Crippen LogP contribution in [0.1, 0.15) is 31.2 Å². The van der Waals surface area contributed by atoms with Crippen molar-refractivity contribution in [2.24, 2.45) is 5.92 Å². The van der Waals surface area contributed by atoms with E-state index in [-0.39, 0.29) is 5.91 Å². The zero-order chi connectivity index (χ0) is 16.8. The molecule has 3 rings (SSSR count). The Kier molecular flexibility index (Phi) is 5.99. The van der Waals surface area contributed by atoms with E-state index < -0.39 is 0 Å². The molecular weight excluding hydrogens is 302 g/mol. The predicted molar refractivity (Wildman–Crippen MR) is 94.3 cm³/mol. The van der Waals surface area contributed by atoms with Gasteiger partial charge in [-0.1, -0.05) is 6.07 Å². The highest BCUT2D eigenvalue weighted by Gasteiger charge is 2.29. The van der Waals surface area contributed by atoms with E-state index in [1.165, 1.54) is 6.42 Å². The first-order chi connectivity index (χ1) is 11.8. The Morgan fingerprint density at radius 2 is 2.12 bits per heavy atom. The van der Waals surface area contributed by atoms with Crippen LogP contribution in [0.2, 0.25) is 0 Å². The van der Waals surface area contributed by atoms with Gasteiger partial charge in [0.05, 0.1) is 0 Å². The Hall–Kier alpha value is -1.72. The molecule has 0 aromatic carbocycles. The van der Waals surface area contributed by atoms with Crippen molar-refractivity contribution in [1.82, 2.24) is 14.8 Å². The Bertz CT molecular complexity index is 553. The van der Waals surface area contributed by atoms with Gasteiger partial charge in [-0.05, 0) is 62.4 Å². The lowest BCUT2D eigenvalue weighted by Crippen LogP contribution is -2.51. The number of aliphatic hydroxyl groups excluding tert-OH is 1. The summed E-state index contributed by atoms with van der Waals surface area (Å²) in [6.07, 6.45) is 11.4. The first-order valence-electron chi connectivity index (χ1n) is 8.98. The maximum absolute atomic E-state index is 12.5. The minimum Gasteiger partial charge on any atom is -0.396 e. The lowest BCUT2D eigenvalue weighted by molar-refractivity contribution is -0.128. The predicted octanol–water partition coefficient (Wildman–Crippen LogP) is 1.79. The van der Waals surface area contributed by atoms with E-state index in [4.69, 9.17) is 0 Å². The van der Waals surface area contributed by atoms with Gasteiger partial charge in [-0.25, -0.2) is 0 Å². The van der Waals surface area contributed by atoms with Gasteiger partial charge >= 0.3 is 0 Å². The average Bonchev–Trinajstić information content (AvgIpc) is 2.67. The molecule has 2 aliphatic rings. The zero-order valence-corrected chi connectivity index (χ0v) is 14.2. The van der Waals surface area contributed by atoms with Gasteiger partial charge in [0.25, 0.3) is 0 Å². The van der Waals surface area contributed by atoms with Gasteiger partial charge in [0.2, 0.25) is 5.91 Å². The van der Waals surface area contributed by atoms with E-state index in [9.17, 15) is 9.90 Å². The van der Waals surface area contributed by atoms with Crippen molar-refractivity contribution >= 4 is 12.0 Å². The number of aliphatic hydroxyl groups is 1. The van der Waals surface area contributed by atoms with Crippen molar-refractivity contribution in [3.8, 4) is 0 Å². The van der Waals surface area contributed by atoms with Crippen molar-refractivity contribution in [2.45, 2.75) is 31.7 Å². The van der Waals surface area contributed by atoms with Gasteiger partial charge in [-0.15, -0.1) is 0 Å². The largest absolute Gasteiger partial charge is 0.396 e. The van der Waals surface area contributed by atoms with Crippen LogP contribution in [0.5, 0.6) is 0 Å². The standard InChI is InChI=1S/C19H27N3O2/c23-15-17-7-11-21(12-8-17)18-4-2-10-22(14-18)19(24)6-5-16-3-1-9-20-13-16/h1,3,5-6,9,13,17-18,23H,2,4,7-8,10-12,14-15H2/b6-5+/t18-/m0/s1. The second kappa shape index (κ2) is 8.40. The summed E-state index contributed by atoms with van der Waals surface area (Å²) in [5.41, 5.74) is 0.950. The molecule has 24 heavy (non-hydrogen) atoms. The van der Waals surface area contributed by atoms with Crippen LogP contribution in [0.15, 0.2) is 30.6 Å². The number of hydrogen-bond donors (Lipinski definition) is 1. The third-order valence-corrected chi connectivity index (χ3v) is 5.23. The van der Waals surface area contributed by atoms with E-state index in [0.717, 1.165) is 51.0 Å². The SMILES string of the molecule is O=C(/C=C/c1cccnc1)N1CCC[C@H](N2CCC(CO)CC2)C1. The van der Waals surface area contributed by atoms with Gasteiger partial charge in [0.1, 0.15) is 0 Å². The summed E-state index contributed by atoms with van der Waals surface area (Å²) in [7, 11) is 0. The molecule has 0 unspecified atom stereocenters. The third kappa shape index (κ3) is 4.42. The molecule has 1 aromatic rings. The van der Waals surface area contributed by atoms with Crippen LogP contribution >= 0.6 is 0 Å². The summed E-state index contributed by atoms with van der Waals surface area (Å²) >= 11 is 0. The molecule has 0 bridgehead atoms. The van der Waals surface area contributed by atoms with Crippen molar-refractivity contribution in [1.29, 1.82) is 0 Å². The first kappa shape index (κ1) is 17.1. The molecule has 5 nitrogen and oxygen atoms in total. The molecular formula is C19H27N3O2. The summed E-state index contributed by atoms with van der Waals surface area (Å²) in [4.78, 5) is 21.0. The minimum absolute atomic E-state index is 0.0915. The van der Waals surface area contributed by atoms with Crippen LogP contribution in [-0.4, -0.2) is 64.6 Å². The summed E-state index contributed by atoms with van der Waals surface area (Å²) in [6, 6.07) is 4.28. The quantitative estimate of drug-likeness (QED) is 0.856. The molecule has 2 fully saturated rings. The highest BCUT2D eigenvalue weighted by molar-refractivity contribution is 5.91. The Labute approximate surface area is 144 Å². The fourth-order valence-corrected chi connectivity index (χ4v) is 3.70. The number of likely N-dealkylation sites (tertiary alicyclic amines) is 2. The van der Waals surface area contributed by atoms with Crippen LogP contribution in [0.3, 0.4) is 0 Å². The number of piperidine rings is 2. The maximum atomic E-state index is 12.5. The van der Waals surface area contributed by atoms with E-state index >= 15 is 0 Å². The van der Waals surface area contributed by atoms with E-state index in [1.54, 1.807) is 18.5 Å². The fourth-order valence-electron chi connectivity index (χ4n) is 3.70. The summed E-state index contributed by atoms with van der Waals surface area (Å²) in [5.74, 6) is 0.554. The third-order valence-electron chi connectivity index (χ3n) is 5.23. The zero-order valence-electron chi connectivity index (χ0n) is 14.2. The molecule has 1 atom stereocenters. The highest BCUT2D eigenvalue weighted by Crippen LogP contribution is 2.23. The Balaban J connectivity index is 1.53. The molecule has 130 valence electrons. The van der Waals surface area contributed by atoms with Gasteiger partial charge in [-0.3, -0.25) is 14.7 Å². The van der Waals surface area contributed by atoms with Crippen LogP contribution < -0.4 is 0 Å². The number of rotatable bonds is 4. The number of nitrogens with zero attached hydrogens (tertiary/aromatic N) is 3. The molecule has 3 heterocycles. The minimum atomic E-state index is 0.0915. The van der Waals surface area contributed by atoms with Gasteiger partial charge < -0.3 is 10.0 Å². The lowest BCUT2D eigenvalue weighted by atomic mass is 9.94. The van der Waals surface area contributed by atoms with Crippen molar-refractivity contribution < 1.29 is 9.90 Å². The number of amides is 1. The summed E-state index contributed by atoms with van der Waals surface area (Å²) in [6.45, 7) is 4.06. The van der Waals surface area contributed by atoms with Gasteiger partial charge in [-0.2, -0.15) is 0 Å². The second-order valence-corrected chi connectivity index (χ2v) is 6.86. The topological polar surface area (TPSA) is 56.7 Å². The van der Waals surface area contributed by atoms with Crippen molar-refractivity contribution in [3.63, 3.8) is 0 Å². The Morgan fingerprint density at radius 1 is 1.29 bits per heavy atom. The molecule has 0 radical (unpaired) electrons. The summed E-state index contributed by atoms with van der Waals surface area (Å²) < 4.78 is 0. The number of carbonyl (C=O) groups is 1. The number of hydrogen-bond acceptors (Lipinski definition) is 4. The van der Waals surface area contributed by atoms with Gasteiger partial charge in [0.15, 0.2) is 0 Å². The average molecular weight is 329 g/mol. The first-order valence-corrected chi connectivity index (χ1v) is 8.98. The van der Waals surface area contributed by atoms with E-state index in [2.05, 4.69) is 9.88 Å². The molecule has 0 aliphatic carbocycles. The normalized spacial score (nSPS) is 23.7. The second-order valence-electron chi connectivity index (χ2n) is 6.86. The molecule has 1 amide bonds. The van der Waals surface area contributed by atoms with Crippen molar-refractivity contribution in [3.05, 3.63) is 36.2 Å². The number of carbonyl (C=O) groups excluding carboxylic acids is 1. The smallest absolute Gasteiger partial charge is 0.246 e. The van der Waals surface area contributed by atoms with Crippen LogP contribution in [-0.2, 0) is 4.79 Å². The molecule has 0 spiro atoms. The maximum Gasteiger partial charge on any atom is 0.246 e. The van der Waals surface area contributed by atoms with Crippen LogP contribution in [0, 0.1) is 5.92 Å². The molecule has 1 N–H and O–H groups in total. The summed E-state index contributed by atoms with van der Waals surface area (Å²) in [5, 5.41) is 9.27. The number of pyridine rings is 1. The lowest BCUT2D eigenvalue weighted by Gasteiger charge is -2.42. The van der Waals surface area contributed by atoms with E-state index in [1.807, 2.05) is 23.1 Å². The van der Waals surface area contributed by atoms with Crippen LogP contribution in [0.25, 0.3) is 6.08 Å². The monoisotopic (exact) mass is 329 g/mol. The highest BCUT2D eigenvalue weighted by atomic mass is 16.3. The van der Waals surface area contributed by atoms with E-state index in [0.29, 0.717) is 18.6 Å². The molecule has 2 aliphatic heterocycles. The molecule has 2 saturated heterocycles. The molecule has 1 aromatic heterocycles. The Morgan fingerprint density at radius 3 is 2.83 bits per heavy atom.